The van der Waals surface area contributed by atoms with Crippen molar-refractivity contribution in [2.45, 2.75) is 6.92 Å². The van der Waals surface area contributed by atoms with Gasteiger partial charge >= 0.3 is 5.97 Å². The van der Waals surface area contributed by atoms with Crippen LogP contribution in [0.3, 0.4) is 0 Å². The first-order valence-corrected chi connectivity index (χ1v) is 5.42. The number of hydrogen-bond acceptors (Lipinski definition) is 2. The predicted octanol–water partition coefficient (Wildman–Crippen LogP) is 3.58. The number of aromatic carboxylic acids is 1. The Labute approximate surface area is 104 Å². The van der Waals surface area contributed by atoms with E-state index in [9.17, 15) is 9.18 Å². The first kappa shape index (κ1) is 12.1. The summed E-state index contributed by atoms with van der Waals surface area (Å²) in [6, 6.07) is 10.9. The lowest BCUT2D eigenvalue weighted by Crippen LogP contribution is -1.97. The fourth-order valence-electron chi connectivity index (χ4n) is 1.67. The van der Waals surface area contributed by atoms with Crippen molar-refractivity contribution in [1.29, 1.82) is 0 Å². The van der Waals surface area contributed by atoms with Gasteiger partial charge in [-0.05, 0) is 55.0 Å². The number of carbonyl (C=O) groups is 1. The van der Waals surface area contributed by atoms with Gasteiger partial charge in [0.2, 0.25) is 0 Å². The quantitative estimate of drug-likeness (QED) is 0.869. The van der Waals surface area contributed by atoms with Gasteiger partial charge in [0.1, 0.15) is 5.82 Å². The molecule has 0 aliphatic rings. The third kappa shape index (κ3) is 2.85. The van der Waals surface area contributed by atoms with E-state index in [-0.39, 0.29) is 11.4 Å². The first-order chi connectivity index (χ1) is 8.54. The average molecular weight is 245 g/mol. The van der Waals surface area contributed by atoms with Crippen LogP contribution in [0.4, 0.5) is 15.8 Å². The molecule has 0 radical (unpaired) electrons. The highest BCUT2D eigenvalue weighted by atomic mass is 19.1. The maximum absolute atomic E-state index is 13.2. The fourth-order valence-corrected chi connectivity index (χ4v) is 1.67. The average Bonchev–Trinajstić information content (AvgIpc) is 2.28. The van der Waals surface area contributed by atoms with Crippen molar-refractivity contribution in [3.63, 3.8) is 0 Å². The van der Waals surface area contributed by atoms with Crippen molar-refractivity contribution >= 4 is 17.3 Å². The number of carboxylic acid groups (broad SMARTS) is 1. The van der Waals surface area contributed by atoms with Crippen LogP contribution in [0, 0.1) is 12.7 Å². The summed E-state index contributed by atoms with van der Waals surface area (Å²) in [4.78, 5) is 10.7. The minimum absolute atomic E-state index is 0.218. The summed E-state index contributed by atoms with van der Waals surface area (Å²) in [6.45, 7) is 1.81. The molecule has 4 heteroatoms. The van der Waals surface area contributed by atoms with E-state index in [1.807, 2.05) is 13.0 Å². The van der Waals surface area contributed by atoms with Crippen LogP contribution in [0.1, 0.15) is 15.9 Å². The molecule has 2 aromatic rings. The van der Waals surface area contributed by atoms with Crippen molar-refractivity contribution < 1.29 is 14.3 Å². The second-order valence-electron chi connectivity index (χ2n) is 4.02. The molecule has 0 aliphatic heterocycles. The van der Waals surface area contributed by atoms with Crippen LogP contribution in [0.15, 0.2) is 42.5 Å². The van der Waals surface area contributed by atoms with E-state index in [0.29, 0.717) is 11.4 Å². The Morgan fingerprint density at radius 3 is 2.33 bits per heavy atom. The molecule has 0 aromatic heterocycles. The number of rotatable bonds is 3. The van der Waals surface area contributed by atoms with E-state index in [2.05, 4.69) is 5.32 Å². The summed E-state index contributed by atoms with van der Waals surface area (Å²) >= 11 is 0. The minimum atomic E-state index is -0.969. The summed E-state index contributed by atoms with van der Waals surface area (Å²) in [5.74, 6) is -1.28. The van der Waals surface area contributed by atoms with Gasteiger partial charge in [-0.25, -0.2) is 9.18 Å². The van der Waals surface area contributed by atoms with Gasteiger partial charge in [0.25, 0.3) is 0 Å². The zero-order valence-electron chi connectivity index (χ0n) is 9.77. The summed E-state index contributed by atoms with van der Waals surface area (Å²) < 4.78 is 13.2. The van der Waals surface area contributed by atoms with Gasteiger partial charge in [0, 0.05) is 11.4 Å². The van der Waals surface area contributed by atoms with Crippen LogP contribution in [0.5, 0.6) is 0 Å². The lowest BCUT2D eigenvalue weighted by atomic mass is 10.2. The smallest absolute Gasteiger partial charge is 0.335 e. The van der Waals surface area contributed by atoms with E-state index in [1.54, 1.807) is 12.1 Å². The molecule has 3 nitrogen and oxygen atoms in total. The molecule has 0 fully saturated rings. The van der Waals surface area contributed by atoms with Gasteiger partial charge in [-0.15, -0.1) is 0 Å². The number of halogens is 1. The van der Waals surface area contributed by atoms with Gasteiger partial charge in [-0.3, -0.25) is 0 Å². The third-order valence-electron chi connectivity index (χ3n) is 2.46. The molecule has 2 rings (SSSR count). The van der Waals surface area contributed by atoms with Gasteiger partial charge < -0.3 is 10.4 Å². The molecule has 0 bridgehead atoms. The lowest BCUT2D eigenvalue weighted by molar-refractivity contribution is 0.0697. The highest BCUT2D eigenvalue weighted by Crippen LogP contribution is 2.19. The molecule has 0 spiro atoms. The molecule has 2 aromatic carbocycles. The minimum Gasteiger partial charge on any atom is -0.478 e. The Balaban J connectivity index is 2.20. The Hall–Kier alpha value is -2.36. The van der Waals surface area contributed by atoms with Crippen LogP contribution < -0.4 is 5.32 Å². The number of anilines is 2. The van der Waals surface area contributed by atoms with E-state index in [4.69, 9.17) is 5.11 Å². The molecule has 0 saturated heterocycles. The van der Waals surface area contributed by atoms with Crippen molar-refractivity contribution in [1.82, 2.24) is 0 Å². The van der Waals surface area contributed by atoms with E-state index in [0.717, 1.165) is 5.56 Å². The second-order valence-corrected chi connectivity index (χ2v) is 4.02. The van der Waals surface area contributed by atoms with Crippen LogP contribution in [-0.2, 0) is 0 Å². The van der Waals surface area contributed by atoms with Crippen LogP contribution in [-0.4, -0.2) is 11.1 Å². The summed E-state index contributed by atoms with van der Waals surface area (Å²) in [5.41, 5.74) is 2.39. The van der Waals surface area contributed by atoms with Crippen molar-refractivity contribution in [2.24, 2.45) is 0 Å². The second kappa shape index (κ2) is 4.87. The van der Waals surface area contributed by atoms with E-state index in [1.165, 1.54) is 24.3 Å². The Morgan fingerprint density at radius 2 is 1.78 bits per heavy atom. The molecule has 0 amide bonds. The highest BCUT2D eigenvalue weighted by Gasteiger charge is 2.02. The molecule has 0 saturated carbocycles. The van der Waals surface area contributed by atoms with Gasteiger partial charge in [0.05, 0.1) is 5.56 Å². The standard InChI is InChI=1S/C14H12FNO2/c1-9-6-11(15)8-13(7-9)16-12-4-2-10(3-5-12)14(17)18/h2-8,16H,1H3,(H,17,18). The topological polar surface area (TPSA) is 49.3 Å². The normalized spacial score (nSPS) is 10.1. The van der Waals surface area contributed by atoms with Crippen LogP contribution >= 0.6 is 0 Å². The maximum Gasteiger partial charge on any atom is 0.335 e. The Morgan fingerprint density at radius 1 is 1.11 bits per heavy atom. The maximum atomic E-state index is 13.2. The molecule has 0 atom stereocenters. The molecule has 92 valence electrons. The Kier molecular flexibility index (Phi) is 3.28. The largest absolute Gasteiger partial charge is 0.478 e. The van der Waals surface area contributed by atoms with Crippen molar-refractivity contribution in [3.8, 4) is 0 Å². The van der Waals surface area contributed by atoms with Gasteiger partial charge in [0.15, 0.2) is 0 Å². The molecule has 0 heterocycles. The zero-order chi connectivity index (χ0) is 13.1. The summed E-state index contributed by atoms with van der Waals surface area (Å²) in [5, 5.41) is 11.8. The molecular weight excluding hydrogens is 233 g/mol. The molecular formula is C14H12FNO2. The lowest BCUT2D eigenvalue weighted by Gasteiger charge is -2.07. The number of benzene rings is 2. The summed E-state index contributed by atoms with van der Waals surface area (Å²) in [6.07, 6.45) is 0. The van der Waals surface area contributed by atoms with Crippen molar-refractivity contribution in [2.75, 3.05) is 5.32 Å². The fraction of sp³-hybridized carbons (Fsp3) is 0.0714. The van der Waals surface area contributed by atoms with Gasteiger partial charge in [-0.1, -0.05) is 0 Å². The number of nitrogens with one attached hydrogen (secondary N) is 1. The number of carboxylic acids is 1. The SMILES string of the molecule is Cc1cc(F)cc(Nc2ccc(C(=O)O)cc2)c1. The monoisotopic (exact) mass is 245 g/mol. The van der Waals surface area contributed by atoms with E-state index >= 15 is 0 Å². The molecule has 2 N–H and O–H groups in total. The van der Waals surface area contributed by atoms with Crippen LogP contribution in [0.2, 0.25) is 0 Å². The Bertz CT molecular complexity index is 559. The van der Waals surface area contributed by atoms with Crippen molar-refractivity contribution in [3.05, 3.63) is 59.4 Å². The van der Waals surface area contributed by atoms with Gasteiger partial charge in [-0.2, -0.15) is 0 Å². The highest BCUT2D eigenvalue weighted by molar-refractivity contribution is 5.88. The predicted molar refractivity (Wildman–Crippen MR) is 67.8 cm³/mol. The molecule has 18 heavy (non-hydrogen) atoms. The molecule has 0 aliphatic carbocycles. The molecule has 0 unspecified atom stereocenters. The van der Waals surface area contributed by atoms with Crippen LogP contribution in [0.25, 0.3) is 0 Å². The zero-order valence-corrected chi connectivity index (χ0v) is 9.77. The number of aryl methyl sites for hydroxylation is 1. The van der Waals surface area contributed by atoms with E-state index < -0.39 is 5.97 Å². The first-order valence-electron chi connectivity index (χ1n) is 5.42. The number of hydrogen-bond donors (Lipinski definition) is 2. The third-order valence-corrected chi connectivity index (χ3v) is 2.46. The summed E-state index contributed by atoms with van der Waals surface area (Å²) in [7, 11) is 0.